The zero-order chi connectivity index (χ0) is 40.5. The second-order valence-corrected chi connectivity index (χ2v) is 14.0. The molecule has 2 aromatic carbocycles. The lowest BCUT2D eigenvalue weighted by molar-refractivity contribution is -0.169. The first kappa shape index (κ1) is 41.3. The average molecular weight is 774 g/mol. The predicted octanol–water partition coefficient (Wildman–Crippen LogP) is 5.40. The molecule has 0 radical (unpaired) electrons. The summed E-state index contributed by atoms with van der Waals surface area (Å²) in [6.45, 7) is 9.51. The van der Waals surface area contributed by atoms with Crippen molar-refractivity contribution < 1.29 is 52.4 Å². The third-order valence-corrected chi connectivity index (χ3v) is 8.83. The number of amidine groups is 1. The first-order valence-electron chi connectivity index (χ1n) is 18.3. The van der Waals surface area contributed by atoms with Crippen molar-refractivity contribution in [3.63, 3.8) is 0 Å². The van der Waals surface area contributed by atoms with E-state index in [0.29, 0.717) is 35.0 Å². The largest absolute Gasteiger partial charge is 0.496 e. The average Bonchev–Trinajstić information content (AvgIpc) is 4.01. The van der Waals surface area contributed by atoms with Gasteiger partial charge in [0.1, 0.15) is 24.1 Å². The Balaban J connectivity index is 1.45. The second kappa shape index (κ2) is 18.6. The lowest BCUT2D eigenvalue weighted by Crippen LogP contribution is -2.39. The fraction of sp³-hybridized carbons (Fsp3) is 0.425. The van der Waals surface area contributed by atoms with E-state index in [0.717, 1.165) is 12.8 Å². The number of carbonyl (C=O) groups excluding carboxylic acids is 5. The molecule has 2 fully saturated rings. The highest BCUT2D eigenvalue weighted by Crippen LogP contribution is 2.37. The molecule has 2 aliphatic rings. The van der Waals surface area contributed by atoms with Crippen LogP contribution < -0.4 is 20.7 Å². The number of benzene rings is 2. The number of methoxy groups -OCH3 is 1. The highest BCUT2D eigenvalue weighted by molar-refractivity contribution is 6.11. The fourth-order valence-electron chi connectivity index (χ4n) is 5.58. The monoisotopic (exact) mass is 773 g/mol. The van der Waals surface area contributed by atoms with Gasteiger partial charge in [0.05, 0.1) is 26.2 Å². The molecule has 1 aromatic heterocycles. The van der Waals surface area contributed by atoms with Gasteiger partial charge in [-0.1, -0.05) is 27.7 Å². The summed E-state index contributed by atoms with van der Waals surface area (Å²) in [6.07, 6.45) is -0.685. The number of aromatic nitrogens is 1. The number of nitrogens with zero attached hydrogens (tertiary/aromatic N) is 1. The number of rotatable bonds is 14. The van der Waals surface area contributed by atoms with Crippen molar-refractivity contribution in [2.75, 3.05) is 39.0 Å². The van der Waals surface area contributed by atoms with Gasteiger partial charge in [-0.15, -0.1) is 0 Å². The number of hydrogen-bond acceptors (Lipinski definition) is 13. The van der Waals surface area contributed by atoms with E-state index in [-0.39, 0.29) is 59.8 Å². The van der Waals surface area contributed by atoms with Crippen LogP contribution in [0.25, 0.3) is 11.1 Å². The maximum Gasteiger partial charge on any atom is 0.413 e. The molecule has 298 valence electrons. The van der Waals surface area contributed by atoms with Gasteiger partial charge in [-0.3, -0.25) is 25.1 Å². The van der Waals surface area contributed by atoms with E-state index in [4.69, 9.17) is 33.8 Å². The highest BCUT2D eigenvalue weighted by Gasteiger charge is 2.28. The van der Waals surface area contributed by atoms with E-state index >= 15 is 0 Å². The van der Waals surface area contributed by atoms with E-state index in [9.17, 15) is 24.0 Å². The molecule has 1 aliphatic heterocycles. The molecule has 1 saturated heterocycles. The van der Waals surface area contributed by atoms with E-state index < -0.39 is 48.2 Å². The van der Waals surface area contributed by atoms with E-state index in [1.165, 1.54) is 38.3 Å². The maximum atomic E-state index is 14.2. The van der Waals surface area contributed by atoms with Gasteiger partial charge < -0.3 is 39.1 Å². The van der Waals surface area contributed by atoms with Crippen LogP contribution in [0.3, 0.4) is 0 Å². The Kier molecular flexibility index (Phi) is 13.7. The number of hydrogen-bond donors (Lipinski definition) is 4. The fourth-order valence-corrected chi connectivity index (χ4v) is 5.58. The SMILES string of the molecule is COc1cc(-c2ccc(C(=O)NCC3CC3)nc2C(=O)OC(C)OC(=O)C(C)C)c(C(=O)Nc2ccc(C(=N)NC(=O)OC3COCOC3)cc2)cc1C(C)C. The van der Waals surface area contributed by atoms with Crippen molar-refractivity contribution in [3.05, 3.63) is 76.6 Å². The van der Waals surface area contributed by atoms with Crippen LogP contribution in [-0.4, -0.2) is 86.7 Å². The molecule has 5 rings (SSSR count). The molecular formula is C40H47N5O11. The standard InChI is InChI=1S/C40H47N5O11/c1-21(2)29-15-31(36(46)43-26-11-9-25(10-12-26)35(41)45-40(50)56-27-18-52-20-53-19-27)30(16-33(29)51-6)28-13-14-32(37(47)42-17-24-7-8-24)44-34(28)39(49)55-23(5)54-38(48)22(3)4/h9-16,21-24,27H,7-8,17-20H2,1-6H3,(H,42,47)(H,43,46)(H2,41,45,50). The molecular weight excluding hydrogens is 726 g/mol. The minimum Gasteiger partial charge on any atom is -0.496 e. The Morgan fingerprint density at radius 1 is 0.893 bits per heavy atom. The first-order valence-corrected chi connectivity index (χ1v) is 18.3. The third-order valence-electron chi connectivity index (χ3n) is 8.83. The number of anilines is 1. The van der Waals surface area contributed by atoms with Crippen LogP contribution in [0.2, 0.25) is 0 Å². The summed E-state index contributed by atoms with van der Waals surface area (Å²) in [7, 11) is 1.49. The Bertz CT molecular complexity index is 1950. The van der Waals surface area contributed by atoms with Gasteiger partial charge in [0.2, 0.25) is 6.29 Å². The van der Waals surface area contributed by atoms with E-state index in [1.54, 1.807) is 38.1 Å². The zero-order valence-electron chi connectivity index (χ0n) is 32.2. The van der Waals surface area contributed by atoms with Gasteiger partial charge in [0.25, 0.3) is 11.8 Å². The normalized spacial score (nSPS) is 14.7. The van der Waals surface area contributed by atoms with Crippen molar-refractivity contribution in [2.24, 2.45) is 11.8 Å². The molecule has 4 N–H and O–H groups in total. The molecule has 3 amide bonds. The number of nitrogens with one attached hydrogen (secondary N) is 4. The smallest absolute Gasteiger partial charge is 0.413 e. The first-order chi connectivity index (χ1) is 26.7. The van der Waals surface area contributed by atoms with Gasteiger partial charge >= 0.3 is 18.0 Å². The molecule has 1 unspecified atom stereocenters. The summed E-state index contributed by atoms with van der Waals surface area (Å²) in [4.78, 5) is 70.0. The van der Waals surface area contributed by atoms with Crippen molar-refractivity contribution >= 4 is 41.4 Å². The lowest BCUT2D eigenvalue weighted by Gasteiger charge is -2.22. The summed E-state index contributed by atoms with van der Waals surface area (Å²) in [6, 6.07) is 12.4. The van der Waals surface area contributed by atoms with E-state index in [1.807, 2.05) is 13.8 Å². The van der Waals surface area contributed by atoms with Crippen molar-refractivity contribution in [1.82, 2.24) is 15.6 Å². The van der Waals surface area contributed by atoms with Crippen molar-refractivity contribution in [2.45, 2.75) is 65.8 Å². The minimum absolute atomic E-state index is 0.0459. The molecule has 2 heterocycles. The zero-order valence-corrected chi connectivity index (χ0v) is 32.2. The number of pyridine rings is 1. The van der Waals surface area contributed by atoms with Gasteiger partial charge in [-0.25, -0.2) is 14.6 Å². The van der Waals surface area contributed by atoms with Crippen LogP contribution in [0.1, 0.15) is 95.8 Å². The Hall–Kier alpha value is -5.87. The molecule has 1 aliphatic carbocycles. The van der Waals surface area contributed by atoms with Gasteiger partial charge in [-0.05, 0) is 78.8 Å². The Morgan fingerprint density at radius 3 is 2.21 bits per heavy atom. The molecule has 1 saturated carbocycles. The molecule has 0 spiro atoms. The molecule has 3 aromatic rings. The summed E-state index contributed by atoms with van der Waals surface area (Å²) in [5.74, 6) is -2.56. The predicted molar refractivity (Wildman–Crippen MR) is 203 cm³/mol. The summed E-state index contributed by atoms with van der Waals surface area (Å²) >= 11 is 0. The molecule has 16 heteroatoms. The van der Waals surface area contributed by atoms with Gasteiger partial charge in [0.15, 0.2) is 11.8 Å². The van der Waals surface area contributed by atoms with Crippen LogP contribution in [0.15, 0.2) is 48.5 Å². The number of amides is 3. The number of alkyl carbamates (subject to hydrolysis) is 1. The summed E-state index contributed by atoms with van der Waals surface area (Å²) < 4.78 is 31.9. The maximum absolute atomic E-state index is 14.2. The topological polar surface area (TPSA) is 214 Å². The van der Waals surface area contributed by atoms with Crippen molar-refractivity contribution in [1.29, 1.82) is 5.41 Å². The van der Waals surface area contributed by atoms with Crippen LogP contribution in [0, 0.1) is 17.2 Å². The van der Waals surface area contributed by atoms with Crippen LogP contribution in [-0.2, 0) is 28.5 Å². The quantitative estimate of drug-likeness (QED) is 0.0702. The Morgan fingerprint density at radius 2 is 1.59 bits per heavy atom. The Labute approximate surface area is 324 Å². The molecule has 0 bridgehead atoms. The molecule has 16 nitrogen and oxygen atoms in total. The third kappa shape index (κ3) is 10.9. The van der Waals surface area contributed by atoms with Gasteiger partial charge in [0, 0.05) is 41.4 Å². The van der Waals surface area contributed by atoms with Crippen LogP contribution in [0.4, 0.5) is 10.5 Å². The van der Waals surface area contributed by atoms with Gasteiger partial charge in [-0.2, -0.15) is 0 Å². The number of carbonyl (C=O) groups is 5. The second-order valence-electron chi connectivity index (χ2n) is 14.0. The molecule has 1 atom stereocenters. The summed E-state index contributed by atoms with van der Waals surface area (Å²) in [5.41, 5.74) is 1.62. The van der Waals surface area contributed by atoms with Crippen molar-refractivity contribution in [3.8, 4) is 16.9 Å². The molecule has 56 heavy (non-hydrogen) atoms. The minimum atomic E-state index is -1.29. The summed E-state index contributed by atoms with van der Waals surface area (Å²) in [5, 5.41) is 16.4. The lowest BCUT2D eigenvalue weighted by atomic mass is 9.91. The van der Waals surface area contributed by atoms with E-state index in [2.05, 4.69) is 20.9 Å². The number of esters is 2. The van der Waals surface area contributed by atoms with Crippen LogP contribution >= 0.6 is 0 Å². The highest BCUT2D eigenvalue weighted by atomic mass is 16.7. The number of ether oxygens (including phenoxy) is 6. The van der Waals surface area contributed by atoms with Crippen LogP contribution in [0.5, 0.6) is 5.75 Å².